The number of carbonyl (C=O) groups excluding carboxylic acids is 1. The minimum absolute atomic E-state index is 0.0717. The number of nitrogens with one attached hydrogen (secondary N) is 1. The predicted octanol–water partition coefficient (Wildman–Crippen LogP) is 9.69. The maximum Gasteiger partial charge on any atom is 0.416 e. The van der Waals surface area contributed by atoms with Gasteiger partial charge in [0.15, 0.2) is 5.78 Å². The van der Waals surface area contributed by atoms with E-state index in [4.69, 9.17) is 4.74 Å². The van der Waals surface area contributed by atoms with Crippen LogP contribution in [0.2, 0.25) is 0 Å². The maximum atomic E-state index is 14.1. The van der Waals surface area contributed by atoms with Gasteiger partial charge in [0.1, 0.15) is 5.75 Å². The molecule has 6 rings (SSSR count). The van der Waals surface area contributed by atoms with Gasteiger partial charge in [-0.2, -0.15) is 57.0 Å². The number of aryl methyl sites for hydroxylation is 1. The van der Waals surface area contributed by atoms with E-state index < -0.39 is 69.1 Å². The van der Waals surface area contributed by atoms with Crippen molar-refractivity contribution in [1.82, 2.24) is 9.03 Å². The first-order valence-electron chi connectivity index (χ1n) is 15.7. The van der Waals surface area contributed by atoms with Crippen molar-refractivity contribution in [2.24, 2.45) is 0 Å². The molecule has 2 saturated heterocycles. The Hall–Kier alpha value is -4.41. The largest absolute Gasteiger partial charge is 0.496 e. The van der Waals surface area contributed by atoms with Crippen LogP contribution in [0.4, 0.5) is 39.5 Å². The smallest absolute Gasteiger partial charge is 0.416 e. The zero-order valence-electron chi connectivity index (χ0n) is 27.5. The number of fused-ring (bicyclic) bond motifs is 1. The third kappa shape index (κ3) is 6.90. The molecule has 0 bridgehead atoms. The molecule has 2 heterocycles. The molecule has 1 N–H and O–H groups in total. The van der Waals surface area contributed by atoms with Gasteiger partial charge >= 0.3 is 18.5 Å². The third-order valence-electron chi connectivity index (χ3n) is 9.45. The number of ketones is 1. The lowest BCUT2D eigenvalue weighted by molar-refractivity contribution is -0.143. The van der Waals surface area contributed by atoms with Crippen molar-refractivity contribution in [3.63, 3.8) is 0 Å². The molecular formula is C36H29F9N2O4S. The van der Waals surface area contributed by atoms with E-state index in [1.807, 2.05) is 0 Å². The Kier molecular flexibility index (Phi) is 9.28. The van der Waals surface area contributed by atoms with Crippen molar-refractivity contribution >= 4 is 16.0 Å². The second-order valence-electron chi connectivity index (χ2n) is 12.7. The molecule has 4 aromatic carbocycles. The molecular weight excluding hydrogens is 727 g/mol. The van der Waals surface area contributed by atoms with Gasteiger partial charge in [-0.1, -0.05) is 24.3 Å². The highest BCUT2D eigenvalue weighted by Gasteiger charge is 2.54. The van der Waals surface area contributed by atoms with Crippen LogP contribution in [0.15, 0.2) is 72.8 Å². The lowest BCUT2D eigenvalue weighted by Gasteiger charge is -2.26. The monoisotopic (exact) mass is 756 g/mol. The molecule has 0 radical (unpaired) electrons. The highest BCUT2D eigenvalue weighted by atomic mass is 32.2. The minimum atomic E-state index is -5.19. The molecule has 0 spiro atoms. The van der Waals surface area contributed by atoms with Crippen LogP contribution in [0.3, 0.4) is 0 Å². The number of nitrogens with zero attached hydrogens (tertiary/aromatic N) is 1. The number of carbonyl (C=O) groups is 1. The van der Waals surface area contributed by atoms with Crippen molar-refractivity contribution in [2.75, 3.05) is 7.11 Å². The normalized spacial score (nSPS) is 20.6. The number of hydrogen-bond donors (Lipinski definition) is 1. The van der Waals surface area contributed by atoms with E-state index in [-0.39, 0.29) is 47.1 Å². The van der Waals surface area contributed by atoms with Crippen LogP contribution in [0, 0.1) is 6.92 Å². The number of methoxy groups -OCH3 is 1. The summed E-state index contributed by atoms with van der Waals surface area (Å²) in [6, 6.07) is 9.46. The number of rotatable bonds is 6. The second-order valence-corrected chi connectivity index (χ2v) is 14.3. The molecule has 0 aliphatic carbocycles. The van der Waals surface area contributed by atoms with Crippen molar-refractivity contribution < 1.29 is 57.5 Å². The Morgan fingerprint density at radius 3 is 1.92 bits per heavy atom. The van der Waals surface area contributed by atoms with Gasteiger partial charge in [0.2, 0.25) is 0 Å². The van der Waals surface area contributed by atoms with Gasteiger partial charge in [0.05, 0.1) is 35.9 Å². The lowest BCUT2D eigenvalue weighted by Crippen LogP contribution is -2.33. The Morgan fingerprint density at radius 2 is 1.37 bits per heavy atom. The second kappa shape index (κ2) is 12.9. The third-order valence-corrected chi connectivity index (χ3v) is 11.1. The van der Waals surface area contributed by atoms with E-state index in [2.05, 4.69) is 4.72 Å². The Bertz CT molecular complexity index is 2150. The molecule has 276 valence electrons. The van der Waals surface area contributed by atoms with E-state index in [1.165, 1.54) is 20.1 Å². The molecule has 0 saturated carbocycles. The van der Waals surface area contributed by atoms with Gasteiger partial charge in [-0.3, -0.25) is 4.79 Å². The molecule has 2 aliphatic rings. The molecule has 0 aromatic heterocycles. The summed E-state index contributed by atoms with van der Waals surface area (Å²) in [4.78, 5) is 11.9. The minimum Gasteiger partial charge on any atom is -0.496 e. The number of benzene rings is 4. The molecule has 2 aliphatic heterocycles. The number of Topliss-reactive ketones (excluding diaryl/α,β-unsaturated/α-hetero) is 1. The first-order chi connectivity index (χ1) is 24.1. The van der Waals surface area contributed by atoms with E-state index in [0.29, 0.717) is 28.8 Å². The van der Waals surface area contributed by atoms with E-state index in [0.717, 1.165) is 22.0 Å². The molecule has 6 nitrogen and oxygen atoms in total. The summed E-state index contributed by atoms with van der Waals surface area (Å²) in [6.07, 6.45) is -15.5. The van der Waals surface area contributed by atoms with Crippen LogP contribution in [0.1, 0.15) is 75.6 Å². The number of halogens is 9. The van der Waals surface area contributed by atoms with Crippen molar-refractivity contribution in [1.29, 1.82) is 0 Å². The lowest BCUT2D eigenvalue weighted by atomic mass is 9.89. The summed E-state index contributed by atoms with van der Waals surface area (Å²) in [5.74, 6) is 0.0676. The SMILES string of the molecule is COc1ccc(-c2ccc(C(C)=O)cc2C)cc1-c1ccc(C(F)(F)F)cc1[C@@H]1CC[C@H]2[C@@H](c3cc(C(F)(F)F)cc(C(F)(F)F)c3)NS(=O)(=O)N12. The molecule has 4 aromatic rings. The van der Waals surface area contributed by atoms with Gasteiger partial charge in [-0.25, -0.2) is 0 Å². The van der Waals surface area contributed by atoms with Crippen molar-refractivity contribution in [3.8, 4) is 28.0 Å². The summed E-state index contributed by atoms with van der Waals surface area (Å²) in [5.41, 5.74) is -2.14. The Morgan fingerprint density at radius 1 is 0.750 bits per heavy atom. The summed E-state index contributed by atoms with van der Waals surface area (Å²) in [6.45, 7) is 3.19. The molecule has 16 heteroatoms. The maximum absolute atomic E-state index is 14.1. The predicted molar refractivity (Wildman–Crippen MR) is 172 cm³/mol. The molecule has 3 atom stereocenters. The average molecular weight is 757 g/mol. The number of alkyl halides is 9. The highest BCUT2D eigenvalue weighted by molar-refractivity contribution is 7.87. The summed E-state index contributed by atoms with van der Waals surface area (Å²) < 4.78 is 161. The van der Waals surface area contributed by atoms with Gasteiger partial charge in [-0.15, -0.1) is 0 Å². The van der Waals surface area contributed by atoms with Crippen molar-refractivity contribution in [2.45, 2.75) is 63.3 Å². The Balaban J connectivity index is 1.49. The first kappa shape index (κ1) is 37.4. The van der Waals surface area contributed by atoms with Gasteiger partial charge in [0, 0.05) is 17.2 Å². The van der Waals surface area contributed by atoms with Crippen LogP contribution in [0.5, 0.6) is 5.75 Å². The van der Waals surface area contributed by atoms with E-state index in [1.54, 1.807) is 43.3 Å². The van der Waals surface area contributed by atoms with Crippen LogP contribution in [-0.2, 0) is 28.7 Å². The number of hydrogen-bond acceptors (Lipinski definition) is 4. The van der Waals surface area contributed by atoms with Gasteiger partial charge < -0.3 is 4.74 Å². The van der Waals surface area contributed by atoms with E-state index in [9.17, 15) is 52.7 Å². The zero-order valence-corrected chi connectivity index (χ0v) is 28.3. The fraction of sp³-hybridized carbons (Fsp3) is 0.306. The summed E-state index contributed by atoms with van der Waals surface area (Å²) >= 11 is 0. The standard InChI is InChI=1S/C36H29F9N2O4S/c1-18-12-20(19(2)48)4-7-26(18)21-5-11-32(51-3)29(15-21)27-8-6-23(34(37,38)39)17-28(27)30-9-10-31-33(46-52(49,50)47(30)31)22-13-24(35(40,41)42)16-25(14-22)36(43,44)45/h4-8,11-17,30-31,33,46H,9-10H2,1-3H3/t30-,31-,33+/m0/s1. The van der Waals surface area contributed by atoms with Crippen LogP contribution in [0.25, 0.3) is 22.3 Å². The molecule has 52 heavy (non-hydrogen) atoms. The van der Waals surface area contributed by atoms with Crippen LogP contribution >= 0.6 is 0 Å². The summed E-state index contributed by atoms with van der Waals surface area (Å²) in [7, 11) is -3.33. The topological polar surface area (TPSA) is 75.7 Å². The zero-order chi connectivity index (χ0) is 38.1. The Labute approximate surface area is 292 Å². The van der Waals surface area contributed by atoms with Crippen LogP contribution in [-0.4, -0.2) is 31.7 Å². The fourth-order valence-corrected chi connectivity index (χ4v) is 8.94. The van der Waals surface area contributed by atoms with Gasteiger partial charge in [0.25, 0.3) is 10.2 Å². The number of ether oxygens (including phenoxy) is 1. The highest BCUT2D eigenvalue weighted by Crippen LogP contribution is 2.51. The molecule has 2 fully saturated rings. The summed E-state index contributed by atoms with van der Waals surface area (Å²) in [5, 5.41) is 0. The quantitative estimate of drug-likeness (QED) is 0.157. The van der Waals surface area contributed by atoms with E-state index >= 15 is 0 Å². The molecule has 0 unspecified atom stereocenters. The van der Waals surface area contributed by atoms with Gasteiger partial charge in [-0.05, 0) is 109 Å². The average Bonchev–Trinajstić information content (AvgIpc) is 3.62. The van der Waals surface area contributed by atoms with Crippen molar-refractivity contribution in [3.05, 3.63) is 112 Å². The first-order valence-corrected chi connectivity index (χ1v) is 17.2. The fourth-order valence-electron chi connectivity index (χ4n) is 7.07. The molecule has 0 amide bonds. The van der Waals surface area contributed by atoms with Crippen LogP contribution < -0.4 is 9.46 Å².